The summed E-state index contributed by atoms with van der Waals surface area (Å²) in [6.45, 7) is 4.61. The molecule has 214 valence electrons. The smallest absolute Gasteiger partial charge is 0.0821 e. The van der Waals surface area contributed by atoms with Crippen LogP contribution in [-0.4, -0.2) is 5.71 Å². The van der Waals surface area contributed by atoms with E-state index in [1.165, 1.54) is 48.0 Å². The minimum Gasteiger partial charge on any atom is -0.280 e. The highest BCUT2D eigenvalue weighted by Crippen LogP contribution is 2.44. The van der Waals surface area contributed by atoms with E-state index in [0.29, 0.717) is 0 Å². The molecule has 0 bridgehead atoms. The molecule has 2 heterocycles. The van der Waals surface area contributed by atoms with Crippen molar-refractivity contribution >= 4 is 60.0 Å². The molecule has 0 N–H and O–H groups in total. The molecule has 3 heteroatoms. The number of allylic oxidation sites excluding steroid dienone is 5. The van der Waals surface area contributed by atoms with Crippen molar-refractivity contribution in [1.29, 1.82) is 0 Å². The summed E-state index contributed by atoms with van der Waals surface area (Å²) in [4.78, 5) is 5.68. The van der Waals surface area contributed by atoms with E-state index in [-0.39, 0.29) is 17.9 Å². The van der Waals surface area contributed by atoms with Gasteiger partial charge in [0.25, 0.3) is 0 Å². The molecular weight excluding hydrogens is 562 g/mol. The summed E-state index contributed by atoms with van der Waals surface area (Å²) in [5, 5.41) is 3.28. The van der Waals surface area contributed by atoms with Crippen LogP contribution in [-0.2, 0) is 0 Å². The van der Waals surface area contributed by atoms with Gasteiger partial charge >= 0.3 is 0 Å². The Bertz CT molecular complexity index is 1910. The lowest BCUT2D eigenvalue weighted by molar-refractivity contribution is 0.514. The van der Waals surface area contributed by atoms with Gasteiger partial charge in [0.15, 0.2) is 0 Å². The molecule has 0 radical (unpaired) electrons. The van der Waals surface area contributed by atoms with Crippen molar-refractivity contribution in [3.05, 3.63) is 143 Å². The monoisotopic (exact) mass is 597 g/mol. The Hall–Kier alpha value is -3.72. The lowest BCUT2D eigenvalue weighted by Gasteiger charge is -2.31. The Labute approximate surface area is 264 Å². The van der Waals surface area contributed by atoms with Gasteiger partial charge in [-0.15, -0.1) is 11.3 Å². The Morgan fingerprint density at radius 3 is 2.35 bits per heavy atom. The first kappa shape index (κ1) is 28.1. The van der Waals surface area contributed by atoms with E-state index in [0.717, 1.165) is 42.0 Å². The molecule has 1 aliphatic carbocycles. The van der Waals surface area contributed by atoms with E-state index in [1.54, 1.807) is 0 Å². The van der Waals surface area contributed by atoms with Crippen LogP contribution in [0, 0.1) is 11.8 Å². The zero-order chi connectivity index (χ0) is 29.3. The van der Waals surface area contributed by atoms with Gasteiger partial charge in [-0.2, -0.15) is 0 Å². The molecule has 0 saturated carbocycles. The SMILES string of the molecule is CC[C@H]1/C(c2ccc(C3=CCCC=C3)cc2)=C/CC(C)/C(c2cc3sc4ccccc4c3cc2Cl)=N\C1c1ccccc1. The molecule has 4 aromatic carbocycles. The quantitative estimate of drug-likeness (QED) is 0.191. The van der Waals surface area contributed by atoms with Gasteiger partial charge in [-0.1, -0.05) is 123 Å². The maximum Gasteiger partial charge on any atom is 0.0821 e. The molecule has 1 aliphatic heterocycles. The molecule has 3 atom stereocenters. The molecule has 0 fully saturated rings. The summed E-state index contributed by atoms with van der Waals surface area (Å²) >= 11 is 8.96. The third kappa shape index (κ3) is 5.44. The summed E-state index contributed by atoms with van der Waals surface area (Å²) in [5.41, 5.74) is 8.74. The largest absolute Gasteiger partial charge is 0.280 e. The van der Waals surface area contributed by atoms with Gasteiger partial charge in [0, 0.05) is 43.3 Å². The minimum absolute atomic E-state index is 0.00645. The molecule has 2 aliphatic rings. The average molecular weight is 598 g/mol. The fourth-order valence-electron chi connectivity index (χ4n) is 6.79. The highest BCUT2D eigenvalue weighted by molar-refractivity contribution is 7.25. The van der Waals surface area contributed by atoms with Gasteiger partial charge in [0.05, 0.1) is 11.1 Å². The summed E-state index contributed by atoms with van der Waals surface area (Å²) in [5.74, 6) is 0.469. The van der Waals surface area contributed by atoms with E-state index in [2.05, 4.69) is 129 Å². The molecule has 1 nitrogen and oxygen atoms in total. The van der Waals surface area contributed by atoms with Crippen LogP contribution < -0.4 is 0 Å². The first-order valence-corrected chi connectivity index (χ1v) is 16.7. The molecule has 7 rings (SSSR count). The number of aliphatic imine (C=N–C) groups is 1. The number of nitrogens with zero attached hydrogens (tertiary/aromatic N) is 1. The molecule has 0 spiro atoms. The Balaban J connectivity index is 1.33. The van der Waals surface area contributed by atoms with Crippen LogP contribution in [0.2, 0.25) is 5.02 Å². The van der Waals surface area contributed by atoms with Crippen molar-refractivity contribution in [3.63, 3.8) is 0 Å². The second kappa shape index (κ2) is 12.1. The summed E-state index contributed by atoms with van der Waals surface area (Å²) in [7, 11) is 0. The highest BCUT2D eigenvalue weighted by Gasteiger charge is 2.30. The molecule has 2 unspecified atom stereocenters. The second-order valence-electron chi connectivity index (χ2n) is 11.8. The van der Waals surface area contributed by atoms with Gasteiger partial charge in [-0.3, -0.25) is 4.99 Å². The Morgan fingerprint density at radius 2 is 1.58 bits per heavy atom. The van der Waals surface area contributed by atoms with E-state index in [9.17, 15) is 0 Å². The van der Waals surface area contributed by atoms with Crippen molar-refractivity contribution in [1.82, 2.24) is 0 Å². The van der Waals surface area contributed by atoms with E-state index in [1.807, 2.05) is 11.3 Å². The van der Waals surface area contributed by atoms with Gasteiger partial charge in [-0.25, -0.2) is 0 Å². The van der Waals surface area contributed by atoms with Crippen LogP contribution in [0.1, 0.15) is 67.8 Å². The van der Waals surface area contributed by atoms with Crippen LogP contribution in [0.4, 0.5) is 0 Å². The van der Waals surface area contributed by atoms with Gasteiger partial charge in [0.2, 0.25) is 0 Å². The van der Waals surface area contributed by atoms with Crippen molar-refractivity contribution in [3.8, 4) is 0 Å². The van der Waals surface area contributed by atoms with E-state index < -0.39 is 0 Å². The lowest BCUT2D eigenvalue weighted by atomic mass is 9.78. The number of fused-ring (bicyclic) bond motifs is 3. The maximum absolute atomic E-state index is 7.12. The summed E-state index contributed by atoms with van der Waals surface area (Å²) in [6, 6.07) is 33.1. The van der Waals surface area contributed by atoms with Gasteiger partial charge in [0.1, 0.15) is 0 Å². The van der Waals surface area contributed by atoms with Gasteiger partial charge < -0.3 is 0 Å². The van der Waals surface area contributed by atoms with Crippen LogP contribution in [0.3, 0.4) is 0 Å². The number of hydrogen-bond acceptors (Lipinski definition) is 2. The zero-order valence-corrected chi connectivity index (χ0v) is 26.3. The predicted molar refractivity (Wildman–Crippen MR) is 188 cm³/mol. The number of halogens is 1. The molecular formula is C40H36ClNS. The summed E-state index contributed by atoms with van der Waals surface area (Å²) < 4.78 is 2.56. The summed E-state index contributed by atoms with van der Waals surface area (Å²) in [6.07, 6.45) is 13.5. The highest BCUT2D eigenvalue weighted by atomic mass is 35.5. The normalized spacial score (nSPS) is 23.2. The third-order valence-electron chi connectivity index (χ3n) is 9.09. The minimum atomic E-state index is -0.00645. The fourth-order valence-corrected chi connectivity index (χ4v) is 8.18. The zero-order valence-electron chi connectivity index (χ0n) is 24.8. The standard InChI is InChI=1S/C40H36ClNS/c1-3-31-32(29-21-19-28(20-22-29)27-12-6-4-7-13-27)23-18-26(2)39(42-40(31)30-14-8-5-9-15-30)35-25-38-34(24-36(35)41)33-16-10-11-17-37(33)43-38/h5-6,8-17,19-26,31,40H,3-4,7,18H2,1-2H3/b32-23+,42-39+/t26?,31-,40?/m0/s1. The maximum atomic E-state index is 7.12. The Morgan fingerprint density at radius 1 is 0.814 bits per heavy atom. The predicted octanol–water partition coefficient (Wildman–Crippen LogP) is 12.1. The van der Waals surface area contributed by atoms with Crippen LogP contribution in [0.5, 0.6) is 0 Å². The van der Waals surface area contributed by atoms with Crippen LogP contribution in [0.15, 0.2) is 120 Å². The molecule has 0 saturated heterocycles. The van der Waals surface area contributed by atoms with Crippen LogP contribution >= 0.6 is 22.9 Å². The van der Waals surface area contributed by atoms with Crippen molar-refractivity contribution in [2.75, 3.05) is 0 Å². The molecule has 5 aromatic rings. The van der Waals surface area contributed by atoms with E-state index in [4.69, 9.17) is 16.6 Å². The second-order valence-corrected chi connectivity index (χ2v) is 13.3. The van der Waals surface area contributed by atoms with Gasteiger partial charge in [-0.05, 0) is 71.7 Å². The topological polar surface area (TPSA) is 12.4 Å². The van der Waals surface area contributed by atoms with Crippen molar-refractivity contribution in [2.24, 2.45) is 16.8 Å². The number of hydrogen-bond donors (Lipinski definition) is 0. The lowest BCUT2D eigenvalue weighted by Crippen LogP contribution is -2.22. The van der Waals surface area contributed by atoms with Crippen molar-refractivity contribution < 1.29 is 0 Å². The Kier molecular flexibility index (Phi) is 7.91. The number of thiophene rings is 1. The molecule has 43 heavy (non-hydrogen) atoms. The number of benzene rings is 4. The third-order valence-corrected chi connectivity index (χ3v) is 10.5. The number of rotatable bonds is 5. The first-order chi connectivity index (χ1) is 21.1. The molecule has 1 aromatic heterocycles. The fraction of sp³-hybridized carbons (Fsp3) is 0.225. The van der Waals surface area contributed by atoms with E-state index >= 15 is 0 Å². The van der Waals surface area contributed by atoms with Crippen molar-refractivity contribution in [2.45, 2.75) is 45.6 Å². The van der Waals surface area contributed by atoms with Crippen LogP contribution in [0.25, 0.3) is 31.3 Å². The molecule has 0 amide bonds. The first-order valence-electron chi connectivity index (χ1n) is 15.5. The average Bonchev–Trinajstić information content (AvgIpc) is 3.41.